The molecule has 11 heteroatoms. The number of aromatic nitrogens is 2. The van der Waals surface area contributed by atoms with Crippen molar-refractivity contribution in [2.75, 3.05) is 81.4 Å². The fraction of sp³-hybridized carbons (Fsp3) is 0.357. The Bertz CT molecular complexity index is 1370. The van der Waals surface area contributed by atoms with Gasteiger partial charge in [0, 0.05) is 62.4 Å². The van der Waals surface area contributed by atoms with Crippen LogP contribution in [-0.2, 0) is 4.74 Å². The second-order valence-corrected chi connectivity index (χ2v) is 9.87. The van der Waals surface area contributed by atoms with Gasteiger partial charge in [-0.1, -0.05) is 0 Å². The summed E-state index contributed by atoms with van der Waals surface area (Å²) < 4.78 is 5.48. The van der Waals surface area contributed by atoms with E-state index in [1.165, 1.54) is 0 Å². The molecule has 2 aromatic carbocycles. The zero-order valence-corrected chi connectivity index (χ0v) is 22.0. The summed E-state index contributed by atoms with van der Waals surface area (Å²) >= 11 is 0. The van der Waals surface area contributed by atoms with Gasteiger partial charge in [0.15, 0.2) is 0 Å². The zero-order valence-electron chi connectivity index (χ0n) is 22.0. The number of hydrogen-bond donors (Lipinski definition) is 2. The highest BCUT2D eigenvalue weighted by Crippen LogP contribution is 2.28. The van der Waals surface area contributed by atoms with E-state index >= 15 is 0 Å². The Morgan fingerprint density at radius 2 is 1.72 bits per heavy atom. The van der Waals surface area contributed by atoms with Crippen LogP contribution in [0, 0.1) is 11.3 Å². The van der Waals surface area contributed by atoms with Crippen molar-refractivity contribution < 1.29 is 4.74 Å². The third-order valence-electron chi connectivity index (χ3n) is 7.21. The first-order valence-electron chi connectivity index (χ1n) is 13.3. The van der Waals surface area contributed by atoms with Crippen molar-refractivity contribution in [2.45, 2.75) is 0 Å². The van der Waals surface area contributed by atoms with E-state index in [1.807, 2.05) is 47.5 Å². The summed E-state index contributed by atoms with van der Waals surface area (Å²) in [5.74, 6) is 1.43. The number of benzene rings is 2. The lowest BCUT2D eigenvalue weighted by Crippen LogP contribution is -2.52. The van der Waals surface area contributed by atoms with E-state index in [1.54, 1.807) is 6.20 Å². The number of guanidine groups is 1. The number of rotatable bonds is 5. The van der Waals surface area contributed by atoms with E-state index < -0.39 is 0 Å². The summed E-state index contributed by atoms with van der Waals surface area (Å²) in [4.78, 5) is 20.7. The number of aliphatic imine (C=N–C) groups is 1. The molecule has 0 amide bonds. The Hall–Kier alpha value is -4.40. The number of nitrogens with zero attached hydrogens (tertiary/aromatic N) is 8. The van der Waals surface area contributed by atoms with E-state index in [0.717, 1.165) is 73.5 Å². The molecule has 0 bridgehead atoms. The average molecular weight is 525 g/mol. The van der Waals surface area contributed by atoms with Gasteiger partial charge in [-0.2, -0.15) is 5.26 Å². The third-order valence-corrected chi connectivity index (χ3v) is 7.21. The topological polar surface area (TPSA) is 108 Å². The summed E-state index contributed by atoms with van der Waals surface area (Å²) in [6.07, 6.45) is 1.73. The van der Waals surface area contributed by atoms with Crippen LogP contribution in [-0.4, -0.2) is 91.9 Å². The quantitative estimate of drug-likeness (QED) is 0.517. The first kappa shape index (κ1) is 24.9. The molecule has 0 atom stereocenters. The van der Waals surface area contributed by atoms with Gasteiger partial charge in [0.1, 0.15) is 6.67 Å². The van der Waals surface area contributed by atoms with Crippen molar-refractivity contribution in [3.8, 4) is 17.3 Å². The first-order valence-corrected chi connectivity index (χ1v) is 13.3. The van der Waals surface area contributed by atoms with Crippen LogP contribution in [0.15, 0.2) is 59.7 Å². The molecular weight excluding hydrogens is 492 g/mol. The molecular formula is C28H32N10O. The van der Waals surface area contributed by atoms with Crippen LogP contribution in [0.1, 0.15) is 5.56 Å². The molecule has 2 N–H and O–H groups in total. The molecule has 11 nitrogen and oxygen atoms in total. The van der Waals surface area contributed by atoms with Gasteiger partial charge < -0.3 is 24.8 Å². The van der Waals surface area contributed by atoms with Crippen molar-refractivity contribution in [2.24, 2.45) is 4.99 Å². The monoisotopic (exact) mass is 524 g/mol. The molecule has 0 radical (unpaired) electrons. The molecule has 3 aromatic rings. The molecule has 3 aliphatic rings. The second-order valence-electron chi connectivity index (χ2n) is 9.87. The smallest absolute Gasteiger partial charge is 0.227 e. The number of piperazine rings is 1. The highest BCUT2D eigenvalue weighted by molar-refractivity contribution is 5.84. The van der Waals surface area contributed by atoms with E-state index in [-0.39, 0.29) is 0 Å². The predicted molar refractivity (Wildman–Crippen MR) is 152 cm³/mol. The van der Waals surface area contributed by atoms with Crippen LogP contribution < -0.4 is 20.7 Å². The van der Waals surface area contributed by atoms with Crippen LogP contribution in [0.3, 0.4) is 0 Å². The number of nitriles is 1. The van der Waals surface area contributed by atoms with Crippen LogP contribution >= 0.6 is 0 Å². The third kappa shape index (κ3) is 5.72. The number of likely N-dealkylation sites (N-methyl/N-ethyl adjacent to an activating group) is 1. The van der Waals surface area contributed by atoms with E-state index in [0.29, 0.717) is 31.4 Å². The van der Waals surface area contributed by atoms with Crippen molar-refractivity contribution in [1.29, 1.82) is 5.26 Å². The lowest BCUT2D eigenvalue weighted by atomic mass is 10.1. The molecule has 2 saturated heterocycles. The molecule has 0 saturated carbocycles. The maximum absolute atomic E-state index is 9.62. The Morgan fingerprint density at radius 3 is 2.49 bits per heavy atom. The number of nitrogens with one attached hydrogen (secondary N) is 2. The maximum atomic E-state index is 9.62. The summed E-state index contributed by atoms with van der Waals surface area (Å²) in [6, 6.07) is 18.1. The molecule has 200 valence electrons. The normalized spacial score (nSPS) is 17.9. The van der Waals surface area contributed by atoms with Crippen LogP contribution in [0.2, 0.25) is 0 Å². The molecule has 2 fully saturated rings. The summed E-state index contributed by atoms with van der Waals surface area (Å²) in [6.45, 7) is 7.60. The molecule has 39 heavy (non-hydrogen) atoms. The largest absolute Gasteiger partial charge is 0.378 e. The lowest BCUT2D eigenvalue weighted by molar-refractivity contribution is 0.122. The molecule has 0 spiro atoms. The van der Waals surface area contributed by atoms with Crippen LogP contribution in [0.5, 0.6) is 0 Å². The number of anilines is 4. The number of hydrazine groups is 1. The van der Waals surface area contributed by atoms with Crippen molar-refractivity contribution in [3.05, 3.63) is 60.3 Å². The number of morpholine rings is 1. The van der Waals surface area contributed by atoms with Crippen molar-refractivity contribution in [3.63, 3.8) is 0 Å². The molecule has 0 unspecified atom stereocenters. The Labute approximate surface area is 228 Å². The van der Waals surface area contributed by atoms with Crippen molar-refractivity contribution in [1.82, 2.24) is 25.2 Å². The Morgan fingerprint density at radius 1 is 0.923 bits per heavy atom. The minimum atomic E-state index is 0.496. The minimum absolute atomic E-state index is 0.496. The Kier molecular flexibility index (Phi) is 7.12. The van der Waals surface area contributed by atoms with Gasteiger partial charge in [-0.05, 0) is 55.6 Å². The van der Waals surface area contributed by atoms with Gasteiger partial charge in [0.2, 0.25) is 11.9 Å². The van der Waals surface area contributed by atoms with Gasteiger partial charge in [0.05, 0.1) is 36.2 Å². The fourth-order valence-corrected chi connectivity index (χ4v) is 4.93. The van der Waals surface area contributed by atoms with Gasteiger partial charge in [-0.3, -0.25) is 10.4 Å². The van der Waals surface area contributed by atoms with E-state index in [2.05, 4.69) is 49.6 Å². The summed E-state index contributed by atoms with van der Waals surface area (Å²) in [5.41, 5.74) is 8.60. The SMILES string of the molecule is CN1CCN(C2=NCN(c3ccc(Nc4nccc(-c5cc(C#N)cc(N6CCOCC6)c5)n4)cc3)N2)CC1. The summed E-state index contributed by atoms with van der Waals surface area (Å²) in [5, 5.41) is 15.0. The average Bonchev–Trinajstić information content (AvgIpc) is 3.49. The molecule has 3 aliphatic heterocycles. The first-order chi connectivity index (χ1) is 19.1. The fourth-order valence-electron chi connectivity index (χ4n) is 4.93. The van der Waals surface area contributed by atoms with Crippen LogP contribution in [0.4, 0.5) is 23.0 Å². The lowest BCUT2D eigenvalue weighted by Gasteiger charge is -2.34. The maximum Gasteiger partial charge on any atom is 0.227 e. The molecule has 6 rings (SSSR count). The summed E-state index contributed by atoms with van der Waals surface area (Å²) in [7, 11) is 2.15. The number of hydrogen-bond acceptors (Lipinski definition) is 11. The molecule has 4 heterocycles. The van der Waals surface area contributed by atoms with Crippen molar-refractivity contribution >= 4 is 29.0 Å². The van der Waals surface area contributed by atoms with Gasteiger partial charge in [0.25, 0.3) is 0 Å². The standard InChI is InChI=1S/C28H32N10O/c1-35-8-10-37(11-9-35)28-31-20-38(34-28)24-4-2-23(3-5-24)32-27-30-7-6-26(33-27)22-16-21(19-29)17-25(18-22)36-12-14-39-15-13-36/h2-7,16-18H,8-15,20H2,1H3,(H,31,34)(H,30,32,33). The highest BCUT2D eigenvalue weighted by Gasteiger charge is 2.23. The van der Waals surface area contributed by atoms with E-state index in [4.69, 9.17) is 14.7 Å². The highest BCUT2D eigenvalue weighted by atomic mass is 16.5. The zero-order chi connectivity index (χ0) is 26.6. The second kappa shape index (κ2) is 11.1. The minimum Gasteiger partial charge on any atom is -0.378 e. The van der Waals surface area contributed by atoms with E-state index in [9.17, 15) is 5.26 Å². The van der Waals surface area contributed by atoms with Crippen LogP contribution in [0.25, 0.3) is 11.3 Å². The predicted octanol–water partition coefficient (Wildman–Crippen LogP) is 2.48. The van der Waals surface area contributed by atoms with Gasteiger partial charge in [-0.15, -0.1) is 0 Å². The molecule has 0 aliphatic carbocycles. The molecule has 1 aromatic heterocycles. The Balaban J connectivity index is 1.12. The van der Waals surface area contributed by atoms with Gasteiger partial charge in [-0.25, -0.2) is 15.0 Å². The number of ether oxygens (including phenoxy) is 1. The van der Waals surface area contributed by atoms with Gasteiger partial charge >= 0.3 is 0 Å².